The Kier molecular flexibility index (Phi) is 3.15. The lowest BCUT2D eigenvalue weighted by atomic mass is 9.83. The van der Waals surface area contributed by atoms with E-state index in [4.69, 9.17) is 4.98 Å². The highest BCUT2D eigenvalue weighted by Gasteiger charge is 2.22. The highest BCUT2D eigenvalue weighted by molar-refractivity contribution is 5.89. The first-order valence-electron chi connectivity index (χ1n) is 8.62. The van der Waals surface area contributed by atoms with Crippen molar-refractivity contribution in [2.75, 3.05) is 0 Å². The van der Waals surface area contributed by atoms with Gasteiger partial charge in [-0.1, -0.05) is 31.4 Å². The summed E-state index contributed by atoms with van der Waals surface area (Å²) < 4.78 is 0. The second kappa shape index (κ2) is 5.48. The molecule has 1 fully saturated rings. The number of aromatic nitrogens is 4. The number of nitrogens with zero attached hydrogens (tertiary/aromatic N) is 4. The van der Waals surface area contributed by atoms with Crippen LogP contribution in [-0.4, -0.2) is 19.9 Å². The van der Waals surface area contributed by atoms with Crippen molar-refractivity contribution < 1.29 is 1.43 Å². The zero-order chi connectivity index (χ0) is 15.9. The van der Waals surface area contributed by atoms with Crippen LogP contribution < -0.4 is 0 Å². The molecule has 5 rings (SSSR count). The SMILES string of the molecule is C1=C(c2ccc3ncncc3c2)c2cnc(CC3CCC3)nc2C1.[HH]. The van der Waals surface area contributed by atoms with E-state index in [0.717, 1.165) is 35.5 Å². The van der Waals surface area contributed by atoms with E-state index in [-0.39, 0.29) is 1.43 Å². The number of fused-ring (bicyclic) bond motifs is 2. The Balaban J connectivity index is 0.00000157. The van der Waals surface area contributed by atoms with Crippen LogP contribution in [0.15, 0.2) is 43.0 Å². The molecule has 1 saturated carbocycles. The lowest BCUT2D eigenvalue weighted by molar-refractivity contribution is 0.309. The van der Waals surface area contributed by atoms with Crippen LogP contribution in [0.25, 0.3) is 16.5 Å². The Hall–Kier alpha value is -2.62. The van der Waals surface area contributed by atoms with Gasteiger partial charge in [0.15, 0.2) is 0 Å². The van der Waals surface area contributed by atoms with Crippen molar-refractivity contribution in [1.82, 2.24) is 19.9 Å². The molecule has 0 amide bonds. The average Bonchev–Trinajstić information content (AvgIpc) is 3.01. The van der Waals surface area contributed by atoms with Gasteiger partial charge in [0.25, 0.3) is 0 Å². The zero-order valence-electron chi connectivity index (χ0n) is 13.4. The van der Waals surface area contributed by atoms with Gasteiger partial charge in [0, 0.05) is 37.6 Å². The van der Waals surface area contributed by atoms with Crippen molar-refractivity contribution in [2.24, 2.45) is 5.92 Å². The van der Waals surface area contributed by atoms with Gasteiger partial charge in [-0.05, 0) is 29.2 Å². The molecule has 0 bridgehead atoms. The Morgan fingerprint density at radius 3 is 2.96 bits per heavy atom. The van der Waals surface area contributed by atoms with Crippen LogP contribution in [0, 0.1) is 5.92 Å². The van der Waals surface area contributed by atoms with Crippen molar-refractivity contribution in [3.05, 3.63) is 65.6 Å². The molecular formula is C20H20N4. The minimum atomic E-state index is 0. The van der Waals surface area contributed by atoms with Crippen LogP contribution in [0.5, 0.6) is 0 Å². The van der Waals surface area contributed by atoms with Gasteiger partial charge in [-0.25, -0.2) is 19.9 Å². The molecule has 4 heteroatoms. The summed E-state index contributed by atoms with van der Waals surface area (Å²) in [5.74, 6) is 1.82. The molecule has 2 heterocycles. The van der Waals surface area contributed by atoms with E-state index in [1.165, 1.54) is 41.7 Å². The van der Waals surface area contributed by atoms with Crippen LogP contribution in [0.4, 0.5) is 0 Å². The fourth-order valence-corrected chi connectivity index (χ4v) is 3.63. The lowest BCUT2D eigenvalue weighted by Gasteiger charge is -2.24. The smallest absolute Gasteiger partial charge is 0.128 e. The molecule has 2 aliphatic rings. The van der Waals surface area contributed by atoms with Gasteiger partial charge in [-0.15, -0.1) is 0 Å². The quantitative estimate of drug-likeness (QED) is 0.733. The predicted molar refractivity (Wildman–Crippen MR) is 95.5 cm³/mol. The third-order valence-corrected chi connectivity index (χ3v) is 5.22. The van der Waals surface area contributed by atoms with Crippen LogP contribution in [-0.2, 0) is 12.8 Å². The highest BCUT2D eigenvalue weighted by Crippen LogP contribution is 2.33. The third-order valence-electron chi connectivity index (χ3n) is 5.22. The molecule has 0 spiro atoms. The standard InChI is InChI=1S/C20H18N4.H2/c1-2-13(3-1)8-20-22-11-17-16(5-7-19(17)24-20)14-4-6-18-15(9-14)10-21-12-23-18;/h4-6,9-13H,1-3,7-8H2;1H. The van der Waals surface area contributed by atoms with E-state index in [9.17, 15) is 0 Å². The molecule has 4 nitrogen and oxygen atoms in total. The number of hydrogen-bond donors (Lipinski definition) is 0. The number of hydrogen-bond acceptors (Lipinski definition) is 4. The van der Waals surface area contributed by atoms with Crippen LogP contribution in [0.3, 0.4) is 0 Å². The second-order valence-electron chi connectivity index (χ2n) is 6.77. The topological polar surface area (TPSA) is 51.6 Å². The van der Waals surface area contributed by atoms with E-state index < -0.39 is 0 Å². The van der Waals surface area contributed by atoms with E-state index in [1.54, 1.807) is 6.33 Å². The van der Waals surface area contributed by atoms with Gasteiger partial charge in [0.05, 0.1) is 11.2 Å². The number of benzene rings is 1. The summed E-state index contributed by atoms with van der Waals surface area (Å²) in [7, 11) is 0. The first-order chi connectivity index (χ1) is 11.9. The van der Waals surface area contributed by atoms with Crippen molar-refractivity contribution in [1.29, 1.82) is 0 Å². The molecule has 0 radical (unpaired) electrons. The second-order valence-corrected chi connectivity index (χ2v) is 6.77. The molecule has 2 aliphatic carbocycles. The molecular weight excluding hydrogens is 296 g/mol. The van der Waals surface area contributed by atoms with E-state index in [2.05, 4.69) is 39.2 Å². The summed E-state index contributed by atoms with van der Waals surface area (Å²) >= 11 is 0. The van der Waals surface area contributed by atoms with Crippen molar-refractivity contribution in [2.45, 2.75) is 32.1 Å². The average molecular weight is 316 g/mol. The summed E-state index contributed by atoms with van der Waals surface area (Å²) in [5.41, 5.74) is 5.72. The lowest BCUT2D eigenvalue weighted by Crippen LogP contribution is -2.16. The summed E-state index contributed by atoms with van der Waals surface area (Å²) in [5, 5.41) is 1.06. The predicted octanol–water partition coefficient (Wildman–Crippen LogP) is 4.00. The molecule has 0 atom stereocenters. The minimum absolute atomic E-state index is 0. The molecule has 0 N–H and O–H groups in total. The Labute approximate surface area is 142 Å². The minimum Gasteiger partial charge on any atom is -0.244 e. The van der Waals surface area contributed by atoms with E-state index in [0.29, 0.717) is 0 Å². The van der Waals surface area contributed by atoms with Gasteiger partial charge in [-0.3, -0.25) is 0 Å². The van der Waals surface area contributed by atoms with Crippen LogP contribution >= 0.6 is 0 Å². The molecule has 0 saturated heterocycles. The number of allylic oxidation sites excluding steroid dienone is 1. The Morgan fingerprint density at radius 1 is 1.12 bits per heavy atom. The first-order valence-corrected chi connectivity index (χ1v) is 8.62. The van der Waals surface area contributed by atoms with Gasteiger partial charge >= 0.3 is 0 Å². The van der Waals surface area contributed by atoms with Gasteiger partial charge in [0.1, 0.15) is 12.2 Å². The Bertz CT molecular complexity index is 963. The number of rotatable bonds is 3. The van der Waals surface area contributed by atoms with Gasteiger partial charge < -0.3 is 0 Å². The summed E-state index contributed by atoms with van der Waals surface area (Å²) in [6, 6.07) is 6.33. The van der Waals surface area contributed by atoms with Gasteiger partial charge in [-0.2, -0.15) is 0 Å². The zero-order valence-corrected chi connectivity index (χ0v) is 13.4. The Morgan fingerprint density at radius 2 is 2.08 bits per heavy atom. The summed E-state index contributed by atoms with van der Waals surface area (Å²) in [6.45, 7) is 0. The molecule has 2 aromatic heterocycles. The summed E-state index contributed by atoms with van der Waals surface area (Å²) in [6.07, 6.45) is 13.7. The van der Waals surface area contributed by atoms with Gasteiger partial charge in [0.2, 0.25) is 0 Å². The fraction of sp³-hybridized carbons (Fsp3) is 0.300. The van der Waals surface area contributed by atoms with Crippen molar-refractivity contribution >= 4 is 16.5 Å². The molecule has 3 aromatic rings. The molecule has 120 valence electrons. The highest BCUT2D eigenvalue weighted by atomic mass is 14.9. The maximum absolute atomic E-state index is 4.83. The van der Waals surface area contributed by atoms with E-state index >= 15 is 0 Å². The van der Waals surface area contributed by atoms with Crippen LogP contribution in [0.1, 0.15) is 43.3 Å². The van der Waals surface area contributed by atoms with Crippen molar-refractivity contribution in [3.8, 4) is 0 Å². The van der Waals surface area contributed by atoms with Crippen molar-refractivity contribution in [3.63, 3.8) is 0 Å². The first kappa shape index (κ1) is 13.8. The van der Waals surface area contributed by atoms with E-state index in [1.807, 2.05) is 12.4 Å². The summed E-state index contributed by atoms with van der Waals surface area (Å²) in [4.78, 5) is 17.9. The third kappa shape index (κ3) is 2.30. The molecule has 0 aliphatic heterocycles. The van der Waals surface area contributed by atoms with Crippen LogP contribution in [0.2, 0.25) is 0 Å². The largest absolute Gasteiger partial charge is 0.244 e. The maximum atomic E-state index is 4.83. The normalized spacial score (nSPS) is 16.8. The monoisotopic (exact) mass is 316 g/mol. The fourth-order valence-electron chi connectivity index (χ4n) is 3.63. The molecule has 0 unspecified atom stereocenters. The maximum Gasteiger partial charge on any atom is 0.128 e. The molecule has 1 aromatic carbocycles. The molecule has 24 heavy (non-hydrogen) atoms.